The first kappa shape index (κ1) is 13.9. The topological polar surface area (TPSA) is 29.5 Å². The van der Waals surface area contributed by atoms with Crippen LogP contribution in [-0.2, 0) is 0 Å². The van der Waals surface area contributed by atoms with Gasteiger partial charge in [0.05, 0.1) is 6.61 Å². The van der Waals surface area contributed by atoms with E-state index in [0.29, 0.717) is 5.56 Å². The van der Waals surface area contributed by atoms with Gasteiger partial charge in [-0.2, -0.15) is 0 Å². The lowest BCUT2D eigenvalue weighted by atomic mass is 9.77. The molecule has 3 rings (SSSR count). The summed E-state index contributed by atoms with van der Waals surface area (Å²) in [5.74, 6) is 2.77. The Balaban J connectivity index is 1.36. The second-order valence-electron chi connectivity index (χ2n) is 5.86. The number of halogens is 1. The molecule has 2 atom stereocenters. The summed E-state index contributed by atoms with van der Waals surface area (Å²) in [7, 11) is 0. The van der Waals surface area contributed by atoms with Crippen molar-refractivity contribution in [2.45, 2.75) is 19.3 Å². The number of carbonyl (C=O) groups is 1. The van der Waals surface area contributed by atoms with Gasteiger partial charge in [0, 0.05) is 25.2 Å². The minimum atomic E-state index is -0.430. The van der Waals surface area contributed by atoms with Crippen LogP contribution in [0, 0.1) is 11.8 Å². The molecule has 0 bridgehead atoms. The Morgan fingerprint density at radius 2 is 1.85 bits per heavy atom. The molecule has 0 spiro atoms. The van der Waals surface area contributed by atoms with E-state index < -0.39 is 5.24 Å². The van der Waals surface area contributed by atoms with E-state index in [9.17, 15) is 4.79 Å². The van der Waals surface area contributed by atoms with Gasteiger partial charge in [0.15, 0.2) is 0 Å². The molecule has 1 heterocycles. The van der Waals surface area contributed by atoms with E-state index in [2.05, 4.69) is 4.90 Å². The van der Waals surface area contributed by atoms with Crippen LogP contribution < -0.4 is 4.74 Å². The number of hydrogen-bond donors (Lipinski definition) is 0. The maximum atomic E-state index is 10.9. The van der Waals surface area contributed by atoms with Crippen LogP contribution >= 0.6 is 11.6 Å². The maximum absolute atomic E-state index is 10.9. The van der Waals surface area contributed by atoms with Crippen molar-refractivity contribution in [3.8, 4) is 5.75 Å². The molecule has 1 aromatic rings. The van der Waals surface area contributed by atoms with Crippen LogP contribution in [0.3, 0.4) is 0 Å². The van der Waals surface area contributed by atoms with Crippen molar-refractivity contribution in [2.24, 2.45) is 11.8 Å². The van der Waals surface area contributed by atoms with Gasteiger partial charge in [0.2, 0.25) is 0 Å². The van der Waals surface area contributed by atoms with Crippen molar-refractivity contribution in [1.82, 2.24) is 4.90 Å². The Kier molecular flexibility index (Phi) is 4.27. The number of benzene rings is 1. The Hall–Kier alpha value is -1.06. The Morgan fingerprint density at radius 1 is 1.20 bits per heavy atom. The predicted octanol–water partition coefficient (Wildman–Crippen LogP) is 3.18. The van der Waals surface area contributed by atoms with Crippen LogP contribution in [0.5, 0.6) is 5.75 Å². The molecule has 4 heteroatoms. The Labute approximate surface area is 124 Å². The van der Waals surface area contributed by atoms with E-state index in [-0.39, 0.29) is 0 Å². The lowest BCUT2D eigenvalue weighted by Crippen LogP contribution is -2.23. The summed E-state index contributed by atoms with van der Waals surface area (Å²) >= 11 is 5.40. The first-order chi connectivity index (χ1) is 9.72. The summed E-state index contributed by atoms with van der Waals surface area (Å²) in [5.41, 5.74) is 0.506. The molecule has 0 N–H and O–H groups in total. The molecule has 1 saturated carbocycles. The van der Waals surface area contributed by atoms with Gasteiger partial charge in [0.25, 0.3) is 5.24 Å². The van der Waals surface area contributed by atoms with E-state index in [1.807, 2.05) is 0 Å². The lowest BCUT2D eigenvalue weighted by molar-refractivity contribution is 0.108. The lowest BCUT2D eigenvalue weighted by Gasteiger charge is -2.28. The van der Waals surface area contributed by atoms with Crippen LogP contribution in [0.25, 0.3) is 0 Å². The second-order valence-corrected chi connectivity index (χ2v) is 6.20. The number of hydrogen-bond acceptors (Lipinski definition) is 3. The van der Waals surface area contributed by atoms with E-state index in [0.717, 1.165) is 37.2 Å². The number of carbonyl (C=O) groups excluding carboxylic acids is 1. The van der Waals surface area contributed by atoms with Crippen molar-refractivity contribution in [3.05, 3.63) is 29.8 Å². The molecule has 0 amide bonds. The molecular weight excluding hydrogens is 274 g/mol. The van der Waals surface area contributed by atoms with E-state index in [4.69, 9.17) is 16.3 Å². The highest BCUT2D eigenvalue weighted by molar-refractivity contribution is 6.67. The van der Waals surface area contributed by atoms with Crippen molar-refractivity contribution < 1.29 is 9.53 Å². The normalized spacial score (nSPS) is 25.1. The van der Waals surface area contributed by atoms with Crippen LogP contribution in [-0.4, -0.2) is 36.4 Å². The zero-order valence-electron chi connectivity index (χ0n) is 11.6. The summed E-state index contributed by atoms with van der Waals surface area (Å²) in [6.07, 6.45) is 3.92. The van der Waals surface area contributed by atoms with Crippen LogP contribution in [0.4, 0.5) is 0 Å². The first-order valence-corrected chi connectivity index (χ1v) is 7.75. The van der Waals surface area contributed by atoms with Gasteiger partial charge < -0.3 is 9.64 Å². The fourth-order valence-electron chi connectivity index (χ4n) is 3.20. The fraction of sp³-hybridized carbons (Fsp3) is 0.562. The summed E-state index contributed by atoms with van der Waals surface area (Å²) in [6.45, 7) is 4.43. The number of rotatable bonds is 6. The maximum Gasteiger partial charge on any atom is 0.252 e. The molecular formula is C16H20ClNO2. The third-order valence-corrected chi connectivity index (χ3v) is 4.75. The zero-order chi connectivity index (χ0) is 13.9. The third kappa shape index (κ3) is 3.15. The average Bonchev–Trinajstić information content (AvgIpc) is 2.71. The van der Waals surface area contributed by atoms with E-state index in [1.54, 1.807) is 24.3 Å². The molecule has 0 unspecified atom stereocenters. The Morgan fingerprint density at radius 3 is 2.40 bits per heavy atom. The number of ether oxygens (including phenoxy) is 1. The van der Waals surface area contributed by atoms with Crippen LogP contribution in [0.15, 0.2) is 24.3 Å². The van der Waals surface area contributed by atoms with Gasteiger partial charge in [-0.1, -0.05) is 0 Å². The first-order valence-electron chi connectivity index (χ1n) is 7.37. The SMILES string of the molecule is O=C(Cl)c1ccc(OCCCN2C[C@H]3CC[C@H]3C2)cc1. The second kappa shape index (κ2) is 6.15. The molecule has 1 aliphatic carbocycles. The molecule has 2 fully saturated rings. The number of likely N-dealkylation sites (tertiary alicyclic amines) is 1. The summed E-state index contributed by atoms with van der Waals surface area (Å²) < 4.78 is 5.69. The summed E-state index contributed by atoms with van der Waals surface area (Å²) in [5, 5.41) is -0.430. The van der Waals surface area contributed by atoms with Gasteiger partial charge in [0.1, 0.15) is 5.75 Å². The highest BCUT2D eigenvalue weighted by Crippen LogP contribution is 2.40. The molecule has 1 aliphatic heterocycles. The van der Waals surface area contributed by atoms with Gasteiger partial charge in [-0.25, -0.2) is 0 Å². The van der Waals surface area contributed by atoms with E-state index >= 15 is 0 Å². The van der Waals surface area contributed by atoms with Crippen LogP contribution in [0.2, 0.25) is 0 Å². The van der Waals surface area contributed by atoms with Gasteiger partial charge >= 0.3 is 0 Å². The van der Waals surface area contributed by atoms with Gasteiger partial charge in [-0.15, -0.1) is 0 Å². The van der Waals surface area contributed by atoms with Crippen molar-refractivity contribution >= 4 is 16.8 Å². The molecule has 3 nitrogen and oxygen atoms in total. The highest BCUT2D eigenvalue weighted by Gasteiger charge is 2.38. The predicted molar refractivity (Wildman–Crippen MR) is 79.4 cm³/mol. The van der Waals surface area contributed by atoms with Crippen molar-refractivity contribution in [2.75, 3.05) is 26.2 Å². The standard InChI is InChI=1S/C16H20ClNO2/c17-16(19)12-4-6-15(7-5-12)20-9-1-8-18-10-13-2-3-14(13)11-18/h4-7,13-14H,1-3,8-11H2/t13-,14+. The molecule has 20 heavy (non-hydrogen) atoms. The van der Waals surface area contributed by atoms with Crippen LogP contribution in [0.1, 0.15) is 29.6 Å². The molecule has 0 aromatic heterocycles. The number of nitrogens with zero attached hydrogens (tertiary/aromatic N) is 1. The average molecular weight is 294 g/mol. The summed E-state index contributed by atoms with van der Waals surface area (Å²) in [6, 6.07) is 6.99. The quantitative estimate of drug-likeness (QED) is 0.596. The largest absolute Gasteiger partial charge is 0.494 e. The molecule has 0 radical (unpaired) electrons. The van der Waals surface area contributed by atoms with Gasteiger partial charge in [-0.05, 0) is 67.0 Å². The Bertz CT molecular complexity index is 462. The fourth-order valence-corrected chi connectivity index (χ4v) is 3.33. The molecule has 1 aromatic carbocycles. The molecule has 1 saturated heterocycles. The molecule has 108 valence electrons. The summed E-state index contributed by atoms with van der Waals surface area (Å²) in [4.78, 5) is 13.5. The zero-order valence-corrected chi connectivity index (χ0v) is 12.3. The van der Waals surface area contributed by atoms with E-state index in [1.165, 1.54) is 25.9 Å². The third-order valence-electron chi connectivity index (χ3n) is 4.53. The molecule has 2 aliphatic rings. The van der Waals surface area contributed by atoms with Crippen molar-refractivity contribution in [1.29, 1.82) is 0 Å². The minimum absolute atomic E-state index is 0.430. The smallest absolute Gasteiger partial charge is 0.252 e. The van der Waals surface area contributed by atoms with Gasteiger partial charge in [-0.3, -0.25) is 4.79 Å². The van der Waals surface area contributed by atoms with Crippen molar-refractivity contribution in [3.63, 3.8) is 0 Å². The minimum Gasteiger partial charge on any atom is -0.494 e. The number of fused-ring (bicyclic) bond motifs is 1. The highest BCUT2D eigenvalue weighted by atomic mass is 35.5. The monoisotopic (exact) mass is 293 g/mol.